The standard InChI is InChI=1S/C21H32BrN3O3/c1-14-10-25(15(2)13-26)21(27)18-8-17(22)9-23-20(18)28-19(14)12-24(3)11-16-6-4-5-7-16/h8-9,14-16,19,26H,4-7,10-13H2,1-3H3/t14-,15+,19-/m1/s1. The van der Waals surface area contributed by atoms with Crippen LogP contribution in [0, 0.1) is 11.8 Å². The first-order valence-corrected chi connectivity index (χ1v) is 11.1. The molecule has 7 heteroatoms. The zero-order valence-corrected chi connectivity index (χ0v) is 18.7. The molecule has 3 rings (SSSR count). The van der Waals surface area contributed by atoms with Gasteiger partial charge >= 0.3 is 0 Å². The quantitative estimate of drug-likeness (QED) is 0.716. The molecule has 156 valence electrons. The lowest BCUT2D eigenvalue weighted by molar-refractivity contribution is 0.0319. The molecule has 2 aliphatic rings. The number of pyridine rings is 1. The van der Waals surface area contributed by atoms with Crippen LogP contribution in [0.5, 0.6) is 5.88 Å². The van der Waals surface area contributed by atoms with Crippen molar-refractivity contribution in [1.29, 1.82) is 0 Å². The molecule has 3 atom stereocenters. The maximum atomic E-state index is 13.1. The van der Waals surface area contributed by atoms with Crippen molar-refractivity contribution in [2.24, 2.45) is 11.8 Å². The number of aliphatic hydroxyl groups excluding tert-OH is 1. The second kappa shape index (κ2) is 9.55. The van der Waals surface area contributed by atoms with Crippen LogP contribution >= 0.6 is 15.9 Å². The molecule has 6 nitrogen and oxygen atoms in total. The molecule has 28 heavy (non-hydrogen) atoms. The van der Waals surface area contributed by atoms with Crippen LogP contribution in [0.15, 0.2) is 16.7 Å². The summed E-state index contributed by atoms with van der Waals surface area (Å²) in [6, 6.07) is 1.51. The summed E-state index contributed by atoms with van der Waals surface area (Å²) in [7, 11) is 2.16. The van der Waals surface area contributed by atoms with E-state index in [0.29, 0.717) is 18.0 Å². The summed E-state index contributed by atoms with van der Waals surface area (Å²) in [6.07, 6.45) is 6.92. The van der Waals surface area contributed by atoms with Crippen molar-refractivity contribution in [2.75, 3.05) is 33.3 Å². The topological polar surface area (TPSA) is 65.9 Å². The first kappa shape index (κ1) is 21.5. The van der Waals surface area contributed by atoms with Gasteiger partial charge in [-0.1, -0.05) is 19.8 Å². The number of likely N-dealkylation sites (N-methyl/N-ethyl adjacent to an activating group) is 1. The van der Waals surface area contributed by atoms with Crippen molar-refractivity contribution in [1.82, 2.24) is 14.8 Å². The number of nitrogens with zero attached hydrogens (tertiary/aromatic N) is 3. The van der Waals surface area contributed by atoms with Crippen molar-refractivity contribution < 1.29 is 14.6 Å². The predicted molar refractivity (Wildman–Crippen MR) is 113 cm³/mol. The van der Waals surface area contributed by atoms with E-state index in [1.54, 1.807) is 17.2 Å². The van der Waals surface area contributed by atoms with Gasteiger partial charge in [-0.25, -0.2) is 4.98 Å². The molecule has 0 radical (unpaired) electrons. The van der Waals surface area contributed by atoms with Crippen LogP contribution in [0.2, 0.25) is 0 Å². The van der Waals surface area contributed by atoms with E-state index in [1.165, 1.54) is 25.7 Å². The number of aromatic nitrogens is 1. The molecule has 2 heterocycles. The van der Waals surface area contributed by atoms with Gasteiger partial charge < -0.3 is 19.6 Å². The fourth-order valence-corrected chi connectivity index (χ4v) is 4.64. The van der Waals surface area contributed by atoms with Gasteiger partial charge in [0.05, 0.1) is 12.6 Å². The lowest BCUT2D eigenvalue weighted by Gasteiger charge is -2.38. The largest absolute Gasteiger partial charge is 0.472 e. The third-order valence-corrected chi connectivity index (χ3v) is 6.46. The number of aliphatic hydroxyl groups is 1. The van der Waals surface area contributed by atoms with Crippen LogP contribution in [0.4, 0.5) is 0 Å². The van der Waals surface area contributed by atoms with Gasteiger partial charge in [0.15, 0.2) is 0 Å². The van der Waals surface area contributed by atoms with Crippen LogP contribution < -0.4 is 4.74 Å². The Morgan fingerprint density at radius 2 is 2.11 bits per heavy atom. The molecule has 0 saturated heterocycles. The number of ether oxygens (including phenoxy) is 1. The Morgan fingerprint density at radius 3 is 2.79 bits per heavy atom. The van der Waals surface area contributed by atoms with E-state index in [1.807, 2.05) is 6.92 Å². The lowest BCUT2D eigenvalue weighted by Crippen LogP contribution is -2.50. The minimum absolute atomic E-state index is 0.0671. The van der Waals surface area contributed by atoms with Crippen LogP contribution in [0.1, 0.15) is 49.9 Å². The summed E-state index contributed by atoms with van der Waals surface area (Å²) in [5, 5.41) is 9.67. The molecule has 1 aliphatic heterocycles. The number of carbonyl (C=O) groups is 1. The fraction of sp³-hybridized carbons (Fsp3) is 0.714. The first-order valence-electron chi connectivity index (χ1n) is 10.3. The molecule has 0 aromatic carbocycles. The average molecular weight is 454 g/mol. The van der Waals surface area contributed by atoms with Crippen molar-refractivity contribution in [3.05, 3.63) is 22.3 Å². The molecule has 1 saturated carbocycles. The summed E-state index contributed by atoms with van der Waals surface area (Å²) in [5.41, 5.74) is 0.449. The summed E-state index contributed by atoms with van der Waals surface area (Å²) in [6.45, 7) is 6.35. The second-order valence-corrected chi connectivity index (χ2v) is 9.42. The van der Waals surface area contributed by atoms with Crippen molar-refractivity contribution in [2.45, 2.75) is 51.7 Å². The van der Waals surface area contributed by atoms with Crippen LogP contribution in [0.3, 0.4) is 0 Å². The molecule has 1 fully saturated rings. The summed E-state index contributed by atoms with van der Waals surface area (Å²) in [5.74, 6) is 1.15. The van der Waals surface area contributed by atoms with Gasteiger partial charge in [-0.05, 0) is 54.7 Å². The fourth-order valence-electron chi connectivity index (χ4n) is 4.31. The molecule has 1 aromatic rings. The van der Waals surface area contributed by atoms with Crippen LogP contribution in [-0.2, 0) is 0 Å². The number of hydrogen-bond donors (Lipinski definition) is 1. The van der Waals surface area contributed by atoms with E-state index < -0.39 is 0 Å². The molecular weight excluding hydrogens is 422 g/mol. The molecule has 1 amide bonds. The Kier molecular flexibility index (Phi) is 7.34. The molecule has 0 bridgehead atoms. The molecule has 1 aliphatic carbocycles. The number of rotatable bonds is 6. The number of carbonyl (C=O) groups excluding carboxylic acids is 1. The highest BCUT2D eigenvalue weighted by Gasteiger charge is 2.34. The van der Waals surface area contributed by atoms with Gasteiger partial charge in [0.25, 0.3) is 5.91 Å². The van der Waals surface area contributed by atoms with Gasteiger partial charge in [-0.3, -0.25) is 4.79 Å². The van der Waals surface area contributed by atoms with Crippen molar-refractivity contribution in [3.8, 4) is 5.88 Å². The van der Waals surface area contributed by atoms with E-state index in [0.717, 1.165) is 23.5 Å². The third kappa shape index (κ3) is 5.05. The van der Waals surface area contributed by atoms with Gasteiger partial charge in [-0.15, -0.1) is 0 Å². The summed E-state index contributed by atoms with van der Waals surface area (Å²) >= 11 is 3.41. The van der Waals surface area contributed by atoms with E-state index in [9.17, 15) is 9.90 Å². The van der Waals surface area contributed by atoms with Crippen LogP contribution in [0.25, 0.3) is 0 Å². The zero-order valence-electron chi connectivity index (χ0n) is 17.1. The first-order chi connectivity index (χ1) is 13.4. The number of fused-ring (bicyclic) bond motifs is 1. The molecular formula is C21H32BrN3O3. The summed E-state index contributed by atoms with van der Waals surface area (Å²) < 4.78 is 7.03. The monoisotopic (exact) mass is 453 g/mol. The highest BCUT2D eigenvalue weighted by Crippen LogP contribution is 2.29. The number of halogens is 1. The van der Waals surface area contributed by atoms with Gasteiger partial charge in [-0.2, -0.15) is 0 Å². The molecule has 0 unspecified atom stereocenters. The summed E-state index contributed by atoms with van der Waals surface area (Å²) in [4.78, 5) is 21.6. The number of amides is 1. The predicted octanol–water partition coefficient (Wildman–Crippen LogP) is 3.19. The van der Waals surface area contributed by atoms with Gasteiger partial charge in [0, 0.05) is 36.2 Å². The van der Waals surface area contributed by atoms with Crippen molar-refractivity contribution in [3.63, 3.8) is 0 Å². The Bertz CT molecular complexity index is 681. The minimum Gasteiger partial charge on any atom is -0.472 e. The highest BCUT2D eigenvalue weighted by molar-refractivity contribution is 9.10. The van der Waals surface area contributed by atoms with Crippen LogP contribution in [-0.4, -0.2) is 71.2 Å². The zero-order chi connectivity index (χ0) is 20.3. The lowest BCUT2D eigenvalue weighted by atomic mass is 9.99. The number of hydrogen-bond acceptors (Lipinski definition) is 5. The van der Waals surface area contributed by atoms with E-state index >= 15 is 0 Å². The van der Waals surface area contributed by atoms with Gasteiger partial charge in [0.2, 0.25) is 5.88 Å². The third-order valence-electron chi connectivity index (χ3n) is 6.02. The highest BCUT2D eigenvalue weighted by atomic mass is 79.9. The Balaban J connectivity index is 1.82. The Labute approximate surface area is 176 Å². The molecule has 0 spiro atoms. The average Bonchev–Trinajstić information content (AvgIpc) is 3.17. The molecule has 1 N–H and O–H groups in total. The Morgan fingerprint density at radius 1 is 1.39 bits per heavy atom. The van der Waals surface area contributed by atoms with E-state index in [-0.39, 0.29) is 30.6 Å². The van der Waals surface area contributed by atoms with E-state index in [4.69, 9.17) is 4.74 Å². The van der Waals surface area contributed by atoms with Crippen molar-refractivity contribution >= 4 is 21.8 Å². The maximum absolute atomic E-state index is 13.1. The normalized spacial score (nSPS) is 24.6. The van der Waals surface area contributed by atoms with Gasteiger partial charge in [0.1, 0.15) is 11.7 Å². The smallest absolute Gasteiger partial charge is 0.259 e. The Hall–Kier alpha value is -1.18. The second-order valence-electron chi connectivity index (χ2n) is 8.50. The minimum atomic E-state index is -0.253. The molecule has 1 aromatic heterocycles. The maximum Gasteiger partial charge on any atom is 0.259 e. The SMILES string of the molecule is C[C@@H]1CN([C@@H](C)CO)C(=O)c2cc(Br)cnc2O[C@@H]1CN(C)CC1CCCC1. The van der Waals surface area contributed by atoms with E-state index in [2.05, 4.69) is 39.8 Å².